The molecule has 146 valence electrons. The van der Waals surface area contributed by atoms with E-state index in [0.29, 0.717) is 31.6 Å². The molecule has 0 radical (unpaired) electrons. The molecule has 2 rings (SSSR count). The average molecular weight is 370 g/mol. The first-order valence-corrected chi connectivity index (χ1v) is 9.77. The predicted octanol–water partition coefficient (Wildman–Crippen LogP) is 4.46. The van der Waals surface area contributed by atoms with E-state index in [1.165, 1.54) is 5.56 Å². The summed E-state index contributed by atoms with van der Waals surface area (Å²) in [5, 5.41) is 19.7. The van der Waals surface area contributed by atoms with Crippen molar-refractivity contribution in [3.8, 4) is 11.5 Å². The lowest BCUT2D eigenvalue weighted by Crippen LogP contribution is -2.13. The van der Waals surface area contributed by atoms with E-state index in [9.17, 15) is 15.0 Å². The van der Waals surface area contributed by atoms with Crippen LogP contribution in [0.25, 0.3) is 0 Å². The number of aromatic hydroxyl groups is 1. The number of hydrogen-bond acceptors (Lipinski definition) is 4. The second kappa shape index (κ2) is 11.4. The third-order valence-electron chi connectivity index (χ3n) is 4.51. The molecule has 2 N–H and O–H groups in total. The van der Waals surface area contributed by atoms with Gasteiger partial charge in [-0.25, -0.2) is 0 Å². The molecule has 0 spiro atoms. The number of benzene rings is 2. The number of aliphatic hydroxyl groups excluding tert-OH is 1. The fraction of sp³-hybridized carbons (Fsp3) is 0.435. The Morgan fingerprint density at radius 3 is 2.59 bits per heavy atom. The lowest BCUT2D eigenvalue weighted by atomic mass is 10.0. The summed E-state index contributed by atoms with van der Waals surface area (Å²) < 4.78 is 5.73. The van der Waals surface area contributed by atoms with E-state index >= 15 is 0 Å². The van der Waals surface area contributed by atoms with Gasteiger partial charge in [0.25, 0.3) is 0 Å². The van der Waals surface area contributed by atoms with E-state index in [2.05, 4.69) is 12.1 Å². The van der Waals surface area contributed by atoms with Gasteiger partial charge in [-0.3, -0.25) is 4.79 Å². The van der Waals surface area contributed by atoms with Gasteiger partial charge in [0.15, 0.2) is 11.5 Å². The van der Waals surface area contributed by atoms with E-state index in [4.69, 9.17) is 4.74 Å². The van der Waals surface area contributed by atoms with Crippen LogP contribution in [0.3, 0.4) is 0 Å². The predicted molar refractivity (Wildman–Crippen MR) is 107 cm³/mol. The number of aryl methyl sites for hydroxylation is 2. The Labute approximate surface area is 161 Å². The first kappa shape index (κ1) is 21.0. The molecule has 27 heavy (non-hydrogen) atoms. The minimum atomic E-state index is -0.536. The number of ketones is 1. The molecule has 1 atom stereocenters. The number of aliphatic hydroxyl groups is 1. The molecule has 0 bridgehead atoms. The van der Waals surface area contributed by atoms with Crippen LogP contribution in [0.4, 0.5) is 0 Å². The highest BCUT2D eigenvalue weighted by atomic mass is 16.5. The van der Waals surface area contributed by atoms with Crippen molar-refractivity contribution in [2.45, 2.75) is 58.0 Å². The van der Waals surface area contributed by atoms with Crippen molar-refractivity contribution in [2.24, 2.45) is 0 Å². The van der Waals surface area contributed by atoms with Crippen LogP contribution in [-0.4, -0.2) is 28.7 Å². The van der Waals surface area contributed by atoms with E-state index in [1.54, 1.807) is 12.1 Å². The Bertz CT molecular complexity index is 697. The summed E-state index contributed by atoms with van der Waals surface area (Å²) in [4.78, 5) is 12.0. The van der Waals surface area contributed by atoms with Crippen LogP contribution < -0.4 is 4.74 Å². The Morgan fingerprint density at radius 2 is 1.85 bits per heavy atom. The molecule has 0 aromatic heterocycles. The highest BCUT2D eigenvalue weighted by Gasteiger charge is 2.11. The van der Waals surface area contributed by atoms with Crippen molar-refractivity contribution < 1.29 is 19.7 Å². The standard InChI is InChI=1S/C23H30O4/c1-2-7-20(24)17-21(25)13-11-19-12-14-22(26)23(16-19)27-15-6-10-18-8-4-3-5-9-18/h3-5,8-9,12,14,16,20,24,26H,2,6-7,10-11,13,15,17H2,1H3/t20-/m1/s1. The summed E-state index contributed by atoms with van der Waals surface area (Å²) in [6.45, 7) is 2.51. The van der Waals surface area contributed by atoms with E-state index in [0.717, 1.165) is 24.8 Å². The molecule has 0 heterocycles. The number of Topliss-reactive ketones (excluding diaryl/α,β-unsaturated/α-hetero) is 1. The van der Waals surface area contributed by atoms with E-state index in [-0.39, 0.29) is 18.0 Å². The van der Waals surface area contributed by atoms with Crippen LogP contribution in [-0.2, 0) is 17.6 Å². The van der Waals surface area contributed by atoms with Gasteiger partial charge in [-0.1, -0.05) is 49.7 Å². The maximum absolute atomic E-state index is 12.0. The van der Waals surface area contributed by atoms with Crippen molar-refractivity contribution in [3.63, 3.8) is 0 Å². The van der Waals surface area contributed by atoms with Crippen molar-refractivity contribution in [1.82, 2.24) is 0 Å². The van der Waals surface area contributed by atoms with Crippen LogP contribution in [0.15, 0.2) is 48.5 Å². The van der Waals surface area contributed by atoms with Crippen LogP contribution in [0.5, 0.6) is 11.5 Å². The fourth-order valence-corrected chi connectivity index (χ4v) is 3.02. The second-order valence-electron chi connectivity index (χ2n) is 6.92. The van der Waals surface area contributed by atoms with Crippen molar-refractivity contribution in [1.29, 1.82) is 0 Å². The van der Waals surface area contributed by atoms with Gasteiger partial charge in [0.05, 0.1) is 12.7 Å². The third-order valence-corrected chi connectivity index (χ3v) is 4.51. The summed E-state index contributed by atoms with van der Waals surface area (Å²) in [6.07, 6.45) is 3.97. The molecule has 0 saturated carbocycles. The molecule has 0 saturated heterocycles. The summed E-state index contributed by atoms with van der Waals surface area (Å²) in [5.41, 5.74) is 2.21. The van der Waals surface area contributed by atoms with Gasteiger partial charge in [0.2, 0.25) is 0 Å². The smallest absolute Gasteiger partial charge is 0.161 e. The maximum atomic E-state index is 12.0. The third kappa shape index (κ3) is 7.83. The number of hydrogen-bond donors (Lipinski definition) is 2. The lowest BCUT2D eigenvalue weighted by Gasteiger charge is -2.11. The Kier molecular flexibility index (Phi) is 8.85. The van der Waals surface area contributed by atoms with Gasteiger partial charge in [-0.15, -0.1) is 0 Å². The van der Waals surface area contributed by atoms with Gasteiger partial charge >= 0.3 is 0 Å². The average Bonchev–Trinajstić information content (AvgIpc) is 2.66. The molecule has 0 amide bonds. The maximum Gasteiger partial charge on any atom is 0.161 e. The summed E-state index contributed by atoms with van der Waals surface area (Å²) in [5.74, 6) is 0.636. The number of phenolic OH excluding ortho intramolecular Hbond substituents is 1. The monoisotopic (exact) mass is 370 g/mol. The summed E-state index contributed by atoms with van der Waals surface area (Å²) in [6, 6.07) is 15.4. The van der Waals surface area contributed by atoms with Gasteiger partial charge < -0.3 is 14.9 Å². The normalized spacial score (nSPS) is 11.9. The minimum absolute atomic E-state index is 0.0642. The van der Waals surface area contributed by atoms with Crippen LogP contribution in [0.2, 0.25) is 0 Å². The quantitative estimate of drug-likeness (QED) is 0.542. The van der Waals surface area contributed by atoms with Crippen molar-refractivity contribution in [3.05, 3.63) is 59.7 Å². The molecule has 0 fully saturated rings. The van der Waals surface area contributed by atoms with Crippen molar-refractivity contribution >= 4 is 5.78 Å². The Morgan fingerprint density at radius 1 is 1.07 bits per heavy atom. The van der Waals surface area contributed by atoms with Crippen LogP contribution >= 0.6 is 0 Å². The highest BCUT2D eigenvalue weighted by molar-refractivity contribution is 5.79. The molecule has 4 heteroatoms. The first-order valence-electron chi connectivity index (χ1n) is 9.77. The molecule has 0 aliphatic carbocycles. The van der Waals surface area contributed by atoms with Gasteiger partial charge in [-0.2, -0.15) is 0 Å². The molecular weight excluding hydrogens is 340 g/mol. The van der Waals surface area contributed by atoms with E-state index < -0.39 is 6.10 Å². The molecule has 2 aromatic carbocycles. The summed E-state index contributed by atoms with van der Waals surface area (Å²) >= 11 is 0. The molecule has 0 unspecified atom stereocenters. The molecule has 4 nitrogen and oxygen atoms in total. The Balaban J connectivity index is 1.78. The van der Waals surface area contributed by atoms with E-state index in [1.807, 2.05) is 31.2 Å². The number of ether oxygens (including phenoxy) is 1. The number of rotatable bonds is 12. The first-order chi connectivity index (χ1) is 13.1. The SMILES string of the molecule is CCC[C@@H](O)CC(=O)CCc1ccc(O)c(OCCCc2ccccc2)c1. The molecule has 2 aromatic rings. The number of carbonyl (C=O) groups excluding carboxylic acids is 1. The fourth-order valence-electron chi connectivity index (χ4n) is 3.02. The second-order valence-corrected chi connectivity index (χ2v) is 6.92. The summed E-state index contributed by atoms with van der Waals surface area (Å²) in [7, 11) is 0. The van der Waals surface area contributed by atoms with Gasteiger partial charge in [-0.05, 0) is 48.9 Å². The van der Waals surface area contributed by atoms with Crippen LogP contribution in [0, 0.1) is 0 Å². The number of phenols is 1. The zero-order valence-corrected chi connectivity index (χ0v) is 16.1. The van der Waals surface area contributed by atoms with Gasteiger partial charge in [0, 0.05) is 12.8 Å². The zero-order valence-electron chi connectivity index (χ0n) is 16.1. The van der Waals surface area contributed by atoms with Crippen molar-refractivity contribution in [2.75, 3.05) is 6.61 Å². The zero-order chi connectivity index (χ0) is 19.5. The number of carbonyl (C=O) groups is 1. The molecular formula is C23H30O4. The highest BCUT2D eigenvalue weighted by Crippen LogP contribution is 2.27. The van der Waals surface area contributed by atoms with Crippen LogP contribution in [0.1, 0.15) is 50.2 Å². The molecule has 0 aliphatic heterocycles. The topological polar surface area (TPSA) is 66.8 Å². The van der Waals surface area contributed by atoms with Gasteiger partial charge in [0.1, 0.15) is 5.78 Å². The largest absolute Gasteiger partial charge is 0.504 e. The Hall–Kier alpha value is -2.33. The lowest BCUT2D eigenvalue weighted by molar-refractivity contribution is -0.121. The minimum Gasteiger partial charge on any atom is -0.504 e. The molecule has 0 aliphatic rings.